The van der Waals surface area contributed by atoms with Gasteiger partial charge in [0, 0.05) is 24.7 Å². The molecule has 0 saturated carbocycles. The van der Waals surface area contributed by atoms with Gasteiger partial charge in [-0.15, -0.1) is 0 Å². The Bertz CT molecular complexity index is 359. The predicted molar refractivity (Wildman–Crippen MR) is 80.1 cm³/mol. The normalized spacial score (nSPS) is 10.6. The number of carbonyl (C=O) groups excluding carboxylic acids is 4. The topological polar surface area (TPSA) is 86.7 Å². The van der Waals surface area contributed by atoms with E-state index in [1.54, 1.807) is 27.7 Å². The van der Waals surface area contributed by atoms with Crippen molar-refractivity contribution >= 4 is 23.5 Å². The number of carbonyl (C=O) groups is 4. The van der Waals surface area contributed by atoms with E-state index < -0.39 is 11.9 Å². The van der Waals surface area contributed by atoms with Crippen molar-refractivity contribution in [3.8, 4) is 0 Å². The second kappa shape index (κ2) is 10.9. The summed E-state index contributed by atoms with van der Waals surface area (Å²) in [6, 6.07) is 0. The Balaban J connectivity index is 3.71. The van der Waals surface area contributed by atoms with Crippen LogP contribution in [0.1, 0.15) is 53.4 Å². The first kappa shape index (κ1) is 20.3. The molecule has 0 radical (unpaired) electrons. The highest BCUT2D eigenvalue weighted by atomic mass is 16.5. The van der Waals surface area contributed by atoms with Crippen molar-refractivity contribution in [2.45, 2.75) is 53.4 Å². The molecule has 6 nitrogen and oxygen atoms in total. The van der Waals surface area contributed by atoms with Gasteiger partial charge in [0.05, 0.1) is 26.1 Å². The lowest BCUT2D eigenvalue weighted by atomic mass is 10.1. The SMILES string of the molecule is CC(C)C(=O)CCOC(=O)CCC(=O)OCCC(=O)C(C)C. The van der Waals surface area contributed by atoms with E-state index in [1.165, 1.54) is 0 Å². The van der Waals surface area contributed by atoms with Crippen LogP contribution in [0.4, 0.5) is 0 Å². The molecule has 0 aliphatic carbocycles. The molecule has 0 spiro atoms. The van der Waals surface area contributed by atoms with E-state index in [-0.39, 0.29) is 62.3 Å². The molecule has 0 rings (SSSR count). The van der Waals surface area contributed by atoms with E-state index in [2.05, 4.69) is 0 Å². The lowest BCUT2D eigenvalue weighted by Crippen LogP contribution is -2.16. The van der Waals surface area contributed by atoms with Gasteiger partial charge in [0.15, 0.2) is 0 Å². The van der Waals surface area contributed by atoms with Crippen molar-refractivity contribution in [2.24, 2.45) is 11.8 Å². The third-order valence-corrected chi connectivity index (χ3v) is 3.04. The van der Waals surface area contributed by atoms with Crippen LogP contribution in [0.5, 0.6) is 0 Å². The molecule has 126 valence electrons. The summed E-state index contributed by atoms with van der Waals surface area (Å²) in [5, 5.41) is 0. The molecule has 0 heterocycles. The van der Waals surface area contributed by atoms with E-state index in [0.717, 1.165) is 0 Å². The number of rotatable bonds is 11. The van der Waals surface area contributed by atoms with Gasteiger partial charge < -0.3 is 9.47 Å². The highest BCUT2D eigenvalue weighted by molar-refractivity contribution is 5.82. The fraction of sp³-hybridized carbons (Fsp3) is 0.750. The molecule has 6 heteroatoms. The first-order valence-corrected chi connectivity index (χ1v) is 7.60. The van der Waals surface area contributed by atoms with Crippen molar-refractivity contribution in [3.63, 3.8) is 0 Å². The Morgan fingerprint density at radius 2 is 0.955 bits per heavy atom. The van der Waals surface area contributed by atoms with Crippen LogP contribution in [0.15, 0.2) is 0 Å². The van der Waals surface area contributed by atoms with Crippen molar-refractivity contribution < 1.29 is 28.7 Å². The molecule has 0 unspecified atom stereocenters. The summed E-state index contributed by atoms with van der Waals surface area (Å²) < 4.78 is 9.73. The number of hydrogen-bond donors (Lipinski definition) is 0. The van der Waals surface area contributed by atoms with Crippen LogP contribution >= 0.6 is 0 Å². The fourth-order valence-electron chi connectivity index (χ4n) is 1.46. The molecule has 0 aromatic rings. The van der Waals surface area contributed by atoms with E-state index in [9.17, 15) is 19.2 Å². The van der Waals surface area contributed by atoms with Crippen molar-refractivity contribution in [1.82, 2.24) is 0 Å². The Morgan fingerprint density at radius 1 is 0.636 bits per heavy atom. The molecule has 0 N–H and O–H groups in total. The Morgan fingerprint density at radius 3 is 1.23 bits per heavy atom. The lowest BCUT2D eigenvalue weighted by molar-refractivity contribution is -0.151. The van der Waals surface area contributed by atoms with E-state index in [1.807, 2.05) is 0 Å². The van der Waals surface area contributed by atoms with Crippen LogP contribution < -0.4 is 0 Å². The minimum atomic E-state index is -0.535. The summed E-state index contributed by atoms with van der Waals surface area (Å²) in [5.41, 5.74) is 0. The zero-order valence-corrected chi connectivity index (χ0v) is 13.8. The van der Waals surface area contributed by atoms with Gasteiger partial charge in [-0.2, -0.15) is 0 Å². The van der Waals surface area contributed by atoms with Crippen LogP contribution in [0.3, 0.4) is 0 Å². The minimum absolute atomic E-state index is 0.0297. The highest BCUT2D eigenvalue weighted by Gasteiger charge is 2.12. The molecule has 0 aromatic carbocycles. The molecule has 0 aliphatic rings. The Hall–Kier alpha value is -1.72. The van der Waals surface area contributed by atoms with Gasteiger partial charge in [-0.25, -0.2) is 0 Å². The largest absolute Gasteiger partial charge is 0.465 e. The summed E-state index contributed by atoms with van der Waals surface area (Å²) in [6.07, 6.45) is 0.190. The molecule has 0 aromatic heterocycles. The number of ketones is 2. The van der Waals surface area contributed by atoms with Gasteiger partial charge in [-0.05, 0) is 0 Å². The van der Waals surface area contributed by atoms with Crippen LogP contribution in [0.2, 0.25) is 0 Å². The first-order valence-electron chi connectivity index (χ1n) is 7.60. The summed E-state index contributed by atoms with van der Waals surface area (Å²) >= 11 is 0. The standard InChI is InChI=1S/C16H26O6/c1-11(2)13(17)7-9-21-15(19)5-6-16(20)22-10-8-14(18)12(3)4/h11-12H,5-10H2,1-4H3. The second-order valence-corrected chi connectivity index (χ2v) is 5.68. The monoisotopic (exact) mass is 314 g/mol. The van der Waals surface area contributed by atoms with Crippen molar-refractivity contribution in [3.05, 3.63) is 0 Å². The molecule has 0 saturated heterocycles. The fourth-order valence-corrected chi connectivity index (χ4v) is 1.46. The molecule has 0 amide bonds. The third kappa shape index (κ3) is 10.1. The first-order chi connectivity index (χ1) is 10.2. The summed E-state index contributed by atoms with van der Waals surface area (Å²) in [7, 11) is 0. The van der Waals surface area contributed by atoms with Crippen LogP contribution in [-0.4, -0.2) is 36.7 Å². The summed E-state index contributed by atoms with van der Waals surface area (Å²) in [4.78, 5) is 45.4. The average Bonchev–Trinajstić information content (AvgIpc) is 2.44. The molecular formula is C16H26O6. The number of Topliss-reactive ketones (excluding diaryl/α,β-unsaturated/α-hetero) is 2. The number of hydrogen-bond acceptors (Lipinski definition) is 6. The maximum Gasteiger partial charge on any atom is 0.306 e. The molecule has 0 fully saturated rings. The Labute approximate surface area is 131 Å². The zero-order chi connectivity index (χ0) is 17.1. The maximum atomic E-state index is 11.4. The van der Waals surface area contributed by atoms with Crippen molar-refractivity contribution in [1.29, 1.82) is 0 Å². The summed E-state index contributed by atoms with van der Waals surface area (Å²) in [6.45, 7) is 7.20. The smallest absolute Gasteiger partial charge is 0.306 e. The van der Waals surface area contributed by atoms with E-state index in [0.29, 0.717) is 0 Å². The van der Waals surface area contributed by atoms with Gasteiger partial charge in [0.25, 0.3) is 0 Å². The second-order valence-electron chi connectivity index (χ2n) is 5.68. The van der Waals surface area contributed by atoms with Crippen molar-refractivity contribution in [2.75, 3.05) is 13.2 Å². The summed E-state index contributed by atoms with van der Waals surface area (Å²) in [5.74, 6) is -1.17. The van der Waals surface area contributed by atoms with Crippen LogP contribution in [0, 0.1) is 11.8 Å². The van der Waals surface area contributed by atoms with Crippen LogP contribution in [0.25, 0.3) is 0 Å². The molecule has 0 atom stereocenters. The maximum absolute atomic E-state index is 11.4. The van der Waals surface area contributed by atoms with E-state index >= 15 is 0 Å². The van der Waals surface area contributed by atoms with Gasteiger partial charge in [0.1, 0.15) is 11.6 Å². The average molecular weight is 314 g/mol. The van der Waals surface area contributed by atoms with E-state index in [4.69, 9.17) is 9.47 Å². The molecule has 22 heavy (non-hydrogen) atoms. The number of esters is 2. The molecule has 0 bridgehead atoms. The Kier molecular flexibility index (Phi) is 10.1. The quantitative estimate of drug-likeness (QED) is 0.543. The van der Waals surface area contributed by atoms with Crippen LogP contribution in [-0.2, 0) is 28.7 Å². The number of ether oxygens (including phenoxy) is 2. The predicted octanol–water partition coefficient (Wildman–Crippen LogP) is 2.08. The minimum Gasteiger partial charge on any atom is -0.465 e. The third-order valence-electron chi connectivity index (χ3n) is 3.04. The van der Waals surface area contributed by atoms with Gasteiger partial charge in [-0.1, -0.05) is 27.7 Å². The lowest BCUT2D eigenvalue weighted by Gasteiger charge is -2.07. The highest BCUT2D eigenvalue weighted by Crippen LogP contribution is 2.03. The van der Waals surface area contributed by atoms with Gasteiger partial charge in [-0.3, -0.25) is 19.2 Å². The molecular weight excluding hydrogens is 288 g/mol. The van der Waals surface area contributed by atoms with Gasteiger partial charge in [0.2, 0.25) is 0 Å². The zero-order valence-electron chi connectivity index (χ0n) is 13.8. The van der Waals surface area contributed by atoms with Gasteiger partial charge >= 0.3 is 11.9 Å². The molecule has 0 aliphatic heterocycles.